The summed E-state index contributed by atoms with van der Waals surface area (Å²) in [5, 5.41) is 1.76. The first-order valence-electron chi connectivity index (χ1n) is 2.35. The van der Waals surface area contributed by atoms with Crippen molar-refractivity contribution in [1.82, 2.24) is 0 Å². The fourth-order valence-electron chi connectivity index (χ4n) is 0.239. The van der Waals surface area contributed by atoms with Gasteiger partial charge >= 0.3 is 0 Å². The minimum atomic E-state index is 0.654. The van der Waals surface area contributed by atoms with Crippen LogP contribution in [-0.2, 0) is 0 Å². The summed E-state index contributed by atoms with van der Waals surface area (Å²) in [5.74, 6) is 1.59. The Labute approximate surface area is 55.7 Å². The summed E-state index contributed by atoms with van der Waals surface area (Å²) in [4.78, 5) is 0. The highest BCUT2D eigenvalue weighted by Crippen LogP contribution is 1.99. The maximum atomic E-state index is 4.64. The largest absolute Gasteiger partial charge is 0.179 e. The molecule has 7 heavy (non-hydrogen) atoms. The molecule has 0 heterocycles. The highest BCUT2D eigenvalue weighted by atomic mass is 32.1. The van der Waals surface area contributed by atoms with Crippen LogP contribution in [0.2, 0.25) is 0 Å². The standard InChI is InChI=1S/C5H10S2/c1-5(4-7)2-3-6/h3,5,7H,2,4H2,1H3. The van der Waals surface area contributed by atoms with Gasteiger partial charge in [-0.05, 0) is 23.5 Å². The summed E-state index contributed by atoms with van der Waals surface area (Å²) in [5.41, 5.74) is 0. The third-order valence-electron chi connectivity index (χ3n) is 0.810. The third kappa shape index (κ3) is 4.29. The van der Waals surface area contributed by atoms with E-state index >= 15 is 0 Å². The van der Waals surface area contributed by atoms with Gasteiger partial charge in [0.2, 0.25) is 0 Å². The Morgan fingerprint density at radius 2 is 2.43 bits per heavy atom. The molecule has 0 saturated heterocycles. The first-order chi connectivity index (χ1) is 3.31. The Morgan fingerprint density at radius 1 is 1.86 bits per heavy atom. The van der Waals surface area contributed by atoms with Crippen LogP contribution in [0.3, 0.4) is 0 Å². The lowest BCUT2D eigenvalue weighted by Crippen LogP contribution is -1.94. The van der Waals surface area contributed by atoms with Gasteiger partial charge in [0, 0.05) is 0 Å². The predicted molar refractivity (Wildman–Crippen MR) is 41.3 cm³/mol. The molecular weight excluding hydrogens is 124 g/mol. The van der Waals surface area contributed by atoms with Crippen molar-refractivity contribution in [1.29, 1.82) is 0 Å². The molecule has 0 bridgehead atoms. The number of hydrogen-bond donors (Lipinski definition) is 1. The average molecular weight is 134 g/mol. The summed E-state index contributed by atoms with van der Waals surface area (Å²) in [6.07, 6.45) is 1.01. The van der Waals surface area contributed by atoms with Crippen LogP contribution in [0.1, 0.15) is 13.3 Å². The van der Waals surface area contributed by atoms with E-state index < -0.39 is 0 Å². The van der Waals surface area contributed by atoms with Gasteiger partial charge < -0.3 is 0 Å². The molecule has 0 rings (SSSR count). The molecule has 0 radical (unpaired) electrons. The van der Waals surface area contributed by atoms with Crippen molar-refractivity contribution in [2.24, 2.45) is 5.92 Å². The summed E-state index contributed by atoms with van der Waals surface area (Å²) < 4.78 is 0. The zero-order valence-electron chi connectivity index (χ0n) is 4.42. The first kappa shape index (κ1) is 7.44. The van der Waals surface area contributed by atoms with E-state index in [1.165, 1.54) is 0 Å². The van der Waals surface area contributed by atoms with Gasteiger partial charge in [-0.1, -0.05) is 19.1 Å². The highest BCUT2D eigenvalue weighted by Gasteiger charge is 1.92. The van der Waals surface area contributed by atoms with Crippen LogP contribution in [0.5, 0.6) is 0 Å². The van der Waals surface area contributed by atoms with Crippen molar-refractivity contribution in [3.05, 3.63) is 0 Å². The lowest BCUT2D eigenvalue weighted by Gasteiger charge is -1.98. The van der Waals surface area contributed by atoms with Crippen LogP contribution in [0, 0.1) is 5.92 Å². The molecule has 0 saturated carbocycles. The Balaban J connectivity index is 2.98. The van der Waals surface area contributed by atoms with Crippen LogP contribution in [0.15, 0.2) is 0 Å². The topological polar surface area (TPSA) is 0 Å². The zero-order valence-corrected chi connectivity index (χ0v) is 6.14. The fourth-order valence-corrected chi connectivity index (χ4v) is 0.716. The van der Waals surface area contributed by atoms with Crippen molar-refractivity contribution in [2.75, 3.05) is 5.75 Å². The Hall–Kier alpha value is 0.440. The molecule has 0 aromatic carbocycles. The summed E-state index contributed by atoms with van der Waals surface area (Å²) in [6.45, 7) is 2.13. The van der Waals surface area contributed by atoms with Gasteiger partial charge in [0.05, 0.1) is 0 Å². The summed E-state index contributed by atoms with van der Waals surface area (Å²) in [6, 6.07) is 0. The quantitative estimate of drug-likeness (QED) is 0.454. The Kier molecular flexibility index (Phi) is 4.88. The lowest BCUT2D eigenvalue weighted by atomic mass is 10.2. The molecule has 0 aromatic heterocycles. The van der Waals surface area contributed by atoms with Gasteiger partial charge in [0.25, 0.3) is 0 Å². The minimum Gasteiger partial charge on any atom is -0.179 e. The van der Waals surface area contributed by atoms with Gasteiger partial charge in [-0.2, -0.15) is 12.6 Å². The third-order valence-corrected chi connectivity index (χ3v) is 1.63. The van der Waals surface area contributed by atoms with E-state index in [2.05, 4.69) is 31.8 Å². The highest BCUT2D eigenvalue weighted by molar-refractivity contribution is 7.80. The van der Waals surface area contributed by atoms with E-state index in [9.17, 15) is 0 Å². The van der Waals surface area contributed by atoms with E-state index in [-0.39, 0.29) is 0 Å². The van der Waals surface area contributed by atoms with E-state index in [0.29, 0.717) is 5.92 Å². The van der Waals surface area contributed by atoms with E-state index in [1.54, 1.807) is 5.37 Å². The Morgan fingerprint density at radius 3 is 2.57 bits per heavy atom. The SMILES string of the molecule is CC(CS)CC=S. The van der Waals surface area contributed by atoms with Gasteiger partial charge in [-0.3, -0.25) is 0 Å². The molecule has 0 amide bonds. The zero-order chi connectivity index (χ0) is 5.70. The molecule has 0 aliphatic rings. The molecular formula is C5H10S2. The number of thiocarbonyl (C=S) groups is 1. The number of hydrogen-bond acceptors (Lipinski definition) is 2. The minimum absolute atomic E-state index is 0.654. The van der Waals surface area contributed by atoms with Gasteiger partial charge in [0.15, 0.2) is 0 Å². The molecule has 1 atom stereocenters. The smallest absolute Gasteiger partial charge is 0.00689 e. The monoisotopic (exact) mass is 134 g/mol. The van der Waals surface area contributed by atoms with Crippen molar-refractivity contribution in [3.63, 3.8) is 0 Å². The van der Waals surface area contributed by atoms with E-state index in [1.807, 2.05) is 0 Å². The fraction of sp³-hybridized carbons (Fsp3) is 0.800. The van der Waals surface area contributed by atoms with Crippen molar-refractivity contribution in [3.8, 4) is 0 Å². The molecule has 1 unspecified atom stereocenters. The predicted octanol–water partition coefficient (Wildman–Crippen LogP) is 1.94. The molecule has 0 aliphatic heterocycles. The van der Waals surface area contributed by atoms with Crippen LogP contribution >= 0.6 is 24.8 Å². The van der Waals surface area contributed by atoms with Gasteiger partial charge in [-0.15, -0.1) is 0 Å². The molecule has 2 heteroatoms. The van der Waals surface area contributed by atoms with E-state index in [4.69, 9.17) is 0 Å². The average Bonchev–Trinajstić information content (AvgIpc) is 1.68. The van der Waals surface area contributed by atoms with Gasteiger partial charge in [-0.25, -0.2) is 0 Å². The van der Waals surface area contributed by atoms with Crippen molar-refractivity contribution >= 4 is 30.2 Å². The van der Waals surface area contributed by atoms with E-state index in [0.717, 1.165) is 12.2 Å². The van der Waals surface area contributed by atoms with Crippen molar-refractivity contribution < 1.29 is 0 Å². The molecule has 0 nitrogen and oxygen atoms in total. The summed E-state index contributed by atoms with van der Waals surface area (Å²) in [7, 11) is 0. The van der Waals surface area contributed by atoms with Gasteiger partial charge in [0.1, 0.15) is 0 Å². The van der Waals surface area contributed by atoms with Crippen LogP contribution < -0.4 is 0 Å². The molecule has 0 aliphatic carbocycles. The summed E-state index contributed by atoms with van der Waals surface area (Å²) >= 11 is 8.72. The van der Waals surface area contributed by atoms with Crippen LogP contribution in [0.4, 0.5) is 0 Å². The molecule has 0 N–H and O–H groups in total. The Bertz CT molecular complexity index is 52.0. The number of thiol groups is 1. The second-order valence-electron chi connectivity index (χ2n) is 1.69. The van der Waals surface area contributed by atoms with Crippen LogP contribution in [0.25, 0.3) is 0 Å². The maximum absolute atomic E-state index is 4.64. The molecule has 0 fully saturated rings. The number of rotatable bonds is 3. The normalized spacial score (nSPS) is 13.4. The maximum Gasteiger partial charge on any atom is -0.00689 e. The molecule has 0 aromatic rings. The molecule has 42 valence electrons. The second kappa shape index (κ2) is 4.60. The van der Waals surface area contributed by atoms with Crippen LogP contribution in [-0.4, -0.2) is 11.1 Å². The second-order valence-corrected chi connectivity index (χ2v) is 2.39. The van der Waals surface area contributed by atoms with Crippen molar-refractivity contribution in [2.45, 2.75) is 13.3 Å². The first-order valence-corrected chi connectivity index (χ1v) is 3.46. The lowest BCUT2D eigenvalue weighted by molar-refractivity contribution is 0.709. The molecule has 0 spiro atoms.